The molecule has 312 valence electrons. The Balaban J connectivity index is 0.000000186. The molecule has 8 rings (SSSR count). The molecule has 11 heteroatoms. The van der Waals surface area contributed by atoms with Gasteiger partial charge in [0.1, 0.15) is 23.2 Å². The average Bonchev–Trinajstić information content (AvgIpc) is 3.32. The van der Waals surface area contributed by atoms with E-state index in [1.54, 1.807) is 44.0 Å². The number of methoxy groups -OCH3 is 1. The Labute approximate surface area is 367 Å². The van der Waals surface area contributed by atoms with Crippen molar-refractivity contribution in [1.29, 1.82) is 0 Å². The van der Waals surface area contributed by atoms with Crippen LogP contribution in [0.15, 0.2) is 176 Å². The maximum atomic E-state index is 14.1. The standard InChI is InChI=1S/C26H26N4O.C25H22ClFN4/c1-31-23-9-7-20(8-10-23)24-11-12-25(30-26(24)21-13-15-28-16-14-21)29-18-22(27)17-19-5-3-2-4-6-19;26-22-8-6-19(15-23(22)27)21-7-9-24(31-25(21)18-10-12-29-13-11-18)30-16-20(28)14-17-4-2-1-3-5-17/h2-16,22H,17-18,27H2,1H3,(H,29,30);1-13,15,20H,14,16,28H2,(H,30,31). The number of hydrogen-bond donors (Lipinski definition) is 4. The minimum atomic E-state index is -0.464. The minimum absolute atomic E-state index is 0.00478. The highest BCUT2D eigenvalue weighted by Crippen LogP contribution is 2.34. The van der Waals surface area contributed by atoms with E-state index >= 15 is 0 Å². The van der Waals surface area contributed by atoms with Crippen molar-refractivity contribution >= 4 is 23.2 Å². The molecule has 0 spiro atoms. The van der Waals surface area contributed by atoms with Gasteiger partial charge in [0.15, 0.2) is 0 Å². The Morgan fingerprint density at radius 1 is 0.548 bits per heavy atom. The summed E-state index contributed by atoms with van der Waals surface area (Å²) in [4.78, 5) is 17.9. The van der Waals surface area contributed by atoms with Gasteiger partial charge in [0, 0.05) is 72.2 Å². The fraction of sp³-hybridized carbons (Fsp3) is 0.137. The van der Waals surface area contributed by atoms with E-state index in [2.05, 4.69) is 50.9 Å². The van der Waals surface area contributed by atoms with Gasteiger partial charge < -0.3 is 26.8 Å². The molecule has 0 bridgehead atoms. The third kappa shape index (κ3) is 11.9. The first-order chi connectivity index (χ1) is 30.3. The molecule has 0 fully saturated rings. The van der Waals surface area contributed by atoms with Gasteiger partial charge in [0.2, 0.25) is 0 Å². The van der Waals surface area contributed by atoms with Gasteiger partial charge in [-0.15, -0.1) is 0 Å². The van der Waals surface area contributed by atoms with Crippen molar-refractivity contribution in [1.82, 2.24) is 19.9 Å². The van der Waals surface area contributed by atoms with Crippen molar-refractivity contribution in [3.63, 3.8) is 0 Å². The summed E-state index contributed by atoms with van der Waals surface area (Å²) < 4.78 is 19.4. The van der Waals surface area contributed by atoms with Crippen molar-refractivity contribution in [2.24, 2.45) is 11.5 Å². The molecule has 4 heterocycles. The Morgan fingerprint density at radius 3 is 1.45 bits per heavy atom. The van der Waals surface area contributed by atoms with Gasteiger partial charge in [-0.3, -0.25) is 9.97 Å². The third-order valence-corrected chi connectivity index (χ3v) is 10.4. The molecule has 8 aromatic rings. The van der Waals surface area contributed by atoms with Crippen LogP contribution in [-0.2, 0) is 12.8 Å². The summed E-state index contributed by atoms with van der Waals surface area (Å²) in [6.07, 6.45) is 8.57. The van der Waals surface area contributed by atoms with Crippen molar-refractivity contribution in [3.05, 3.63) is 198 Å². The maximum Gasteiger partial charge on any atom is 0.142 e. The number of nitrogens with zero attached hydrogens (tertiary/aromatic N) is 4. The SMILES string of the molecule is COc1ccc(-c2ccc(NCC(N)Cc3ccccc3)nc2-c2ccncc2)cc1.NC(CNc1ccc(-c2ccc(Cl)c(F)c2)c(-c2ccncc2)n1)Cc1ccccc1. The smallest absolute Gasteiger partial charge is 0.142 e. The number of pyridine rings is 4. The number of aromatic nitrogens is 4. The van der Waals surface area contributed by atoms with E-state index in [4.69, 9.17) is 37.8 Å². The Hall–Kier alpha value is -6.98. The number of hydrogen-bond acceptors (Lipinski definition) is 9. The van der Waals surface area contributed by atoms with E-state index in [1.807, 2.05) is 103 Å². The molecular weight excluding hydrogens is 795 g/mol. The predicted molar refractivity (Wildman–Crippen MR) is 251 cm³/mol. The highest BCUT2D eigenvalue weighted by atomic mass is 35.5. The third-order valence-electron chi connectivity index (χ3n) is 10.1. The van der Waals surface area contributed by atoms with Crippen LogP contribution in [0.2, 0.25) is 5.02 Å². The molecule has 0 saturated carbocycles. The lowest BCUT2D eigenvalue weighted by Gasteiger charge is -2.16. The van der Waals surface area contributed by atoms with Crippen LogP contribution in [0.4, 0.5) is 16.0 Å². The molecule has 62 heavy (non-hydrogen) atoms. The summed E-state index contributed by atoms with van der Waals surface area (Å²) in [5, 5.41) is 6.82. The molecule has 0 amide bonds. The lowest BCUT2D eigenvalue weighted by atomic mass is 9.99. The van der Waals surface area contributed by atoms with Crippen molar-refractivity contribution < 1.29 is 9.13 Å². The fourth-order valence-corrected chi connectivity index (χ4v) is 7.04. The fourth-order valence-electron chi connectivity index (χ4n) is 6.92. The largest absolute Gasteiger partial charge is 0.497 e. The molecule has 0 saturated heterocycles. The highest BCUT2D eigenvalue weighted by Gasteiger charge is 2.15. The van der Waals surface area contributed by atoms with Gasteiger partial charge in [0.25, 0.3) is 0 Å². The molecule has 4 aromatic heterocycles. The predicted octanol–water partition coefficient (Wildman–Crippen LogP) is 10.4. The van der Waals surface area contributed by atoms with E-state index in [9.17, 15) is 4.39 Å². The van der Waals surface area contributed by atoms with E-state index in [0.717, 1.165) is 63.6 Å². The molecule has 0 radical (unpaired) electrons. The number of anilines is 2. The molecule has 4 aromatic carbocycles. The summed E-state index contributed by atoms with van der Waals surface area (Å²) >= 11 is 5.86. The van der Waals surface area contributed by atoms with Gasteiger partial charge in [-0.25, -0.2) is 14.4 Å². The summed E-state index contributed by atoms with van der Waals surface area (Å²) in [6.45, 7) is 1.21. The Bertz CT molecular complexity index is 2620. The first-order valence-corrected chi connectivity index (χ1v) is 20.7. The van der Waals surface area contributed by atoms with Crippen LogP contribution in [0.25, 0.3) is 44.8 Å². The molecule has 2 unspecified atom stereocenters. The molecule has 0 aliphatic heterocycles. The summed E-state index contributed by atoms with van der Waals surface area (Å²) in [5.74, 6) is 1.86. The zero-order valence-corrected chi connectivity index (χ0v) is 35.1. The second kappa shape index (κ2) is 21.5. The van der Waals surface area contributed by atoms with Crippen LogP contribution in [0.1, 0.15) is 11.1 Å². The number of halogens is 2. The number of nitrogens with two attached hydrogens (primary N) is 2. The molecule has 9 nitrogen and oxygen atoms in total. The van der Waals surface area contributed by atoms with E-state index < -0.39 is 5.82 Å². The van der Waals surface area contributed by atoms with Crippen LogP contribution in [0.3, 0.4) is 0 Å². The highest BCUT2D eigenvalue weighted by molar-refractivity contribution is 6.30. The lowest BCUT2D eigenvalue weighted by molar-refractivity contribution is 0.415. The number of nitrogens with one attached hydrogen (secondary N) is 2. The first-order valence-electron chi connectivity index (χ1n) is 20.3. The van der Waals surface area contributed by atoms with Gasteiger partial charge >= 0.3 is 0 Å². The van der Waals surface area contributed by atoms with Gasteiger partial charge in [-0.05, 0) is 108 Å². The van der Waals surface area contributed by atoms with E-state index in [1.165, 1.54) is 17.2 Å². The molecule has 0 aliphatic rings. The second-order valence-electron chi connectivity index (χ2n) is 14.7. The quantitative estimate of drug-likeness (QED) is 0.0795. The normalized spacial score (nSPS) is 11.8. The van der Waals surface area contributed by atoms with Gasteiger partial charge in [-0.2, -0.15) is 0 Å². The number of rotatable bonds is 15. The van der Waals surface area contributed by atoms with Gasteiger partial charge in [0.05, 0.1) is 23.5 Å². The van der Waals surface area contributed by atoms with Crippen LogP contribution in [0.5, 0.6) is 5.75 Å². The minimum Gasteiger partial charge on any atom is -0.497 e. The van der Waals surface area contributed by atoms with E-state index in [-0.39, 0.29) is 17.1 Å². The van der Waals surface area contributed by atoms with Crippen LogP contribution >= 0.6 is 11.6 Å². The number of ether oxygens (including phenoxy) is 1. The molecule has 2 atom stereocenters. The van der Waals surface area contributed by atoms with Crippen LogP contribution in [0, 0.1) is 5.82 Å². The topological polar surface area (TPSA) is 137 Å². The maximum absolute atomic E-state index is 14.1. The molecule has 6 N–H and O–H groups in total. The summed E-state index contributed by atoms with van der Waals surface area (Å²) in [7, 11) is 1.67. The molecule has 0 aliphatic carbocycles. The Morgan fingerprint density at radius 2 is 1.00 bits per heavy atom. The van der Waals surface area contributed by atoms with Crippen LogP contribution < -0.4 is 26.8 Å². The summed E-state index contributed by atoms with van der Waals surface area (Å²) in [6, 6.07) is 48.8. The summed E-state index contributed by atoms with van der Waals surface area (Å²) in [5.41, 5.74) is 22.2. The zero-order valence-electron chi connectivity index (χ0n) is 34.3. The zero-order chi connectivity index (χ0) is 43.1. The average molecular weight is 843 g/mol. The first kappa shape index (κ1) is 43.1. The van der Waals surface area contributed by atoms with Gasteiger partial charge in [-0.1, -0.05) is 90.5 Å². The van der Waals surface area contributed by atoms with Crippen LogP contribution in [-0.4, -0.2) is 52.2 Å². The van der Waals surface area contributed by atoms with Crippen molar-refractivity contribution in [2.45, 2.75) is 24.9 Å². The monoisotopic (exact) mass is 842 g/mol. The van der Waals surface area contributed by atoms with Crippen molar-refractivity contribution in [3.8, 4) is 50.5 Å². The second-order valence-corrected chi connectivity index (χ2v) is 15.1. The Kier molecular flexibility index (Phi) is 15.0. The van der Waals surface area contributed by atoms with E-state index in [0.29, 0.717) is 24.5 Å². The van der Waals surface area contributed by atoms with Crippen molar-refractivity contribution in [2.75, 3.05) is 30.8 Å². The molecular formula is C51H48ClFN8O. The lowest BCUT2D eigenvalue weighted by Crippen LogP contribution is -2.31. The number of benzene rings is 4.